The van der Waals surface area contributed by atoms with Gasteiger partial charge in [-0.3, -0.25) is 0 Å². The number of fused-ring (bicyclic) bond motifs is 1. The summed E-state index contributed by atoms with van der Waals surface area (Å²) in [7, 11) is 0. The normalized spacial score (nSPS) is 12.9. The predicted octanol–water partition coefficient (Wildman–Crippen LogP) is 3.15. The van der Waals surface area contributed by atoms with Crippen molar-refractivity contribution in [2.24, 2.45) is 5.73 Å². The molecule has 0 aliphatic heterocycles. The highest BCUT2D eigenvalue weighted by Gasteiger charge is 2.12. The van der Waals surface area contributed by atoms with Gasteiger partial charge in [-0.15, -0.1) is 6.58 Å². The van der Waals surface area contributed by atoms with E-state index in [-0.39, 0.29) is 17.4 Å². The summed E-state index contributed by atoms with van der Waals surface area (Å²) in [5.41, 5.74) is 6.10. The van der Waals surface area contributed by atoms with E-state index in [2.05, 4.69) is 6.58 Å². The van der Waals surface area contributed by atoms with Crippen LogP contribution in [-0.4, -0.2) is 0 Å². The third-order valence-corrected chi connectivity index (χ3v) is 2.30. The van der Waals surface area contributed by atoms with Crippen LogP contribution in [0, 0.1) is 5.82 Å². The van der Waals surface area contributed by atoms with E-state index >= 15 is 0 Å². The summed E-state index contributed by atoms with van der Waals surface area (Å²) in [6, 6.07) is 6.33. The molecule has 0 amide bonds. The first-order valence-corrected chi connectivity index (χ1v) is 4.77. The molecule has 0 bridgehead atoms. The van der Waals surface area contributed by atoms with E-state index in [1.165, 1.54) is 6.07 Å². The smallest absolute Gasteiger partial charge is 0.169 e. The average Bonchev–Trinajstić information content (AvgIpc) is 2.63. The van der Waals surface area contributed by atoms with E-state index in [4.69, 9.17) is 10.2 Å². The molecule has 78 valence electrons. The molecule has 0 aliphatic carbocycles. The molecule has 1 aromatic heterocycles. The maximum Gasteiger partial charge on any atom is 0.169 e. The topological polar surface area (TPSA) is 39.2 Å². The number of hydrogen-bond donors (Lipinski definition) is 1. The van der Waals surface area contributed by atoms with Gasteiger partial charge in [0.25, 0.3) is 0 Å². The molecule has 0 fully saturated rings. The number of hydrogen-bond acceptors (Lipinski definition) is 2. The lowest BCUT2D eigenvalue weighted by Gasteiger charge is -2.03. The van der Waals surface area contributed by atoms with Gasteiger partial charge in [0.15, 0.2) is 11.4 Å². The van der Waals surface area contributed by atoms with Crippen LogP contribution in [0.3, 0.4) is 0 Å². The largest absolute Gasteiger partial charge is 0.456 e. The first-order chi connectivity index (χ1) is 7.22. The highest BCUT2D eigenvalue weighted by molar-refractivity contribution is 5.78. The van der Waals surface area contributed by atoms with E-state index in [9.17, 15) is 4.39 Å². The van der Waals surface area contributed by atoms with Gasteiger partial charge in [0, 0.05) is 5.39 Å². The summed E-state index contributed by atoms with van der Waals surface area (Å²) < 4.78 is 18.7. The molecule has 1 aromatic carbocycles. The molecule has 0 spiro atoms. The minimum atomic E-state index is -0.357. The fourth-order valence-electron chi connectivity index (χ4n) is 1.53. The Labute approximate surface area is 87.2 Å². The summed E-state index contributed by atoms with van der Waals surface area (Å²) in [6.45, 7) is 3.60. The van der Waals surface area contributed by atoms with Crippen LogP contribution in [0.1, 0.15) is 18.2 Å². The Morgan fingerprint density at radius 2 is 2.33 bits per heavy atom. The van der Waals surface area contributed by atoms with Crippen LogP contribution in [0.5, 0.6) is 0 Å². The van der Waals surface area contributed by atoms with Gasteiger partial charge in [0.1, 0.15) is 5.76 Å². The van der Waals surface area contributed by atoms with Crippen LogP contribution >= 0.6 is 0 Å². The summed E-state index contributed by atoms with van der Waals surface area (Å²) >= 11 is 0. The monoisotopic (exact) mass is 205 g/mol. The number of furan rings is 1. The number of benzene rings is 1. The van der Waals surface area contributed by atoms with Crippen LogP contribution in [0.25, 0.3) is 11.0 Å². The lowest BCUT2D eigenvalue weighted by atomic mass is 10.1. The second-order valence-corrected chi connectivity index (χ2v) is 3.44. The van der Waals surface area contributed by atoms with Crippen LogP contribution in [0.15, 0.2) is 41.3 Å². The van der Waals surface area contributed by atoms with Crippen molar-refractivity contribution >= 4 is 11.0 Å². The van der Waals surface area contributed by atoms with E-state index in [1.54, 1.807) is 24.3 Å². The van der Waals surface area contributed by atoms with E-state index in [0.717, 1.165) is 5.39 Å². The highest BCUT2D eigenvalue weighted by Crippen LogP contribution is 2.26. The van der Waals surface area contributed by atoms with Crippen LogP contribution < -0.4 is 5.73 Å². The van der Waals surface area contributed by atoms with Gasteiger partial charge in [-0.25, -0.2) is 4.39 Å². The summed E-state index contributed by atoms with van der Waals surface area (Å²) in [5.74, 6) is 0.236. The Bertz CT molecular complexity index is 489. The van der Waals surface area contributed by atoms with Gasteiger partial charge >= 0.3 is 0 Å². The van der Waals surface area contributed by atoms with Gasteiger partial charge < -0.3 is 10.2 Å². The number of nitrogens with two attached hydrogens (primary N) is 1. The zero-order valence-electron chi connectivity index (χ0n) is 8.24. The molecule has 2 nitrogen and oxygen atoms in total. The van der Waals surface area contributed by atoms with Crippen LogP contribution in [-0.2, 0) is 0 Å². The second-order valence-electron chi connectivity index (χ2n) is 3.44. The Hall–Kier alpha value is -1.61. The molecule has 2 aromatic rings. The first-order valence-electron chi connectivity index (χ1n) is 4.77. The Balaban J connectivity index is 2.47. The standard InChI is InChI=1S/C12H12FNO/c1-2-4-10(14)11-7-8-5-3-6-9(13)12(8)15-11/h2-3,5-7,10H,1,4,14H2. The Morgan fingerprint density at radius 1 is 1.53 bits per heavy atom. The number of rotatable bonds is 3. The summed E-state index contributed by atoms with van der Waals surface area (Å²) in [6.07, 6.45) is 2.33. The van der Waals surface area contributed by atoms with Crippen molar-refractivity contribution in [2.75, 3.05) is 0 Å². The van der Waals surface area contributed by atoms with Crippen molar-refractivity contribution in [2.45, 2.75) is 12.5 Å². The lowest BCUT2D eigenvalue weighted by Crippen LogP contribution is -2.07. The first kappa shape index (κ1) is 9.93. The molecule has 15 heavy (non-hydrogen) atoms. The zero-order valence-corrected chi connectivity index (χ0v) is 8.24. The van der Waals surface area contributed by atoms with Gasteiger partial charge in [-0.1, -0.05) is 18.2 Å². The van der Waals surface area contributed by atoms with Crippen LogP contribution in [0.2, 0.25) is 0 Å². The number of para-hydroxylation sites is 1. The van der Waals surface area contributed by atoms with Crippen molar-refractivity contribution in [1.82, 2.24) is 0 Å². The summed E-state index contributed by atoms with van der Waals surface area (Å²) in [4.78, 5) is 0. The summed E-state index contributed by atoms with van der Waals surface area (Å²) in [5, 5.41) is 0.740. The minimum Gasteiger partial charge on any atom is -0.456 e. The molecule has 1 unspecified atom stereocenters. The predicted molar refractivity (Wildman–Crippen MR) is 57.9 cm³/mol. The SMILES string of the molecule is C=CCC(N)c1cc2cccc(F)c2o1. The highest BCUT2D eigenvalue weighted by atomic mass is 19.1. The third-order valence-electron chi connectivity index (χ3n) is 2.30. The average molecular weight is 205 g/mol. The van der Waals surface area contributed by atoms with E-state index in [1.807, 2.05) is 0 Å². The van der Waals surface area contributed by atoms with Crippen molar-refractivity contribution in [3.63, 3.8) is 0 Å². The molecule has 1 heterocycles. The maximum atomic E-state index is 13.3. The minimum absolute atomic E-state index is 0.255. The van der Waals surface area contributed by atoms with Crippen molar-refractivity contribution < 1.29 is 8.81 Å². The van der Waals surface area contributed by atoms with Gasteiger partial charge in [0.2, 0.25) is 0 Å². The molecule has 0 saturated carbocycles. The maximum absolute atomic E-state index is 13.3. The molecule has 0 saturated heterocycles. The molecule has 2 N–H and O–H groups in total. The molecule has 0 aliphatic rings. The quantitative estimate of drug-likeness (QED) is 0.782. The fourth-order valence-corrected chi connectivity index (χ4v) is 1.53. The van der Waals surface area contributed by atoms with Crippen molar-refractivity contribution in [3.05, 3.63) is 48.5 Å². The van der Waals surface area contributed by atoms with E-state index < -0.39 is 0 Å². The molecular weight excluding hydrogens is 193 g/mol. The third kappa shape index (κ3) is 1.78. The zero-order chi connectivity index (χ0) is 10.8. The lowest BCUT2D eigenvalue weighted by molar-refractivity contribution is 0.481. The molecule has 3 heteroatoms. The van der Waals surface area contributed by atoms with Gasteiger partial charge in [-0.05, 0) is 18.6 Å². The van der Waals surface area contributed by atoms with Crippen molar-refractivity contribution in [1.29, 1.82) is 0 Å². The molecule has 1 atom stereocenters. The molecule has 0 radical (unpaired) electrons. The second kappa shape index (κ2) is 3.87. The molecular formula is C12H12FNO. The van der Waals surface area contributed by atoms with Gasteiger partial charge in [0.05, 0.1) is 6.04 Å². The number of halogens is 1. The fraction of sp³-hybridized carbons (Fsp3) is 0.167. The van der Waals surface area contributed by atoms with Crippen LogP contribution in [0.4, 0.5) is 4.39 Å². The van der Waals surface area contributed by atoms with E-state index in [0.29, 0.717) is 12.2 Å². The molecule has 2 rings (SSSR count). The van der Waals surface area contributed by atoms with Gasteiger partial charge in [-0.2, -0.15) is 0 Å². The van der Waals surface area contributed by atoms with Crippen molar-refractivity contribution in [3.8, 4) is 0 Å². The Morgan fingerprint density at radius 3 is 3.00 bits per heavy atom. The Kier molecular flexibility index (Phi) is 2.56.